The molecular formula is C22H22Cl2FN3O6S. The smallest absolute Gasteiger partial charge is 0.434 e. The summed E-state index contributed by atoms with van der Waals surface area (Å²) < 4.78 is 55.2. The molecule has 0 saturated carbocycles. The largest absolute Gasteiger partial charge is 0.492 e. The molecule has 1 aliphatic rings. The highest BCUT2D eigenvalue weighted by atomic mass is 35.5. The summed E-state index contributed by atoms with van der Waals surface area (Å²) in [5.41, 5.74) is -0.766. The van der Waals surface area contributed by atoms with Crippen LogP contribution in [0.2, 0.25) is 10.0 Å². The number of fused-ring (bicyclic) bond motifs is 1. The number of halogens is 3. The van der Waals surface area contributed by atoms with Crippen molar-refractivity contribution in [3.8, 4) is 5.75 Å². The number of aromatic nitrogens is 2. The van der Waals surface area contributed by atoms with Gasteiger partial charge in [-0.15, -0.1) is 5.10 Å². The van der Waals surface area contributed by atoms with E-state index in [0.717, 1.165) is 0 Å². The van der Waals surface area contributed by atoms with Crippen LogP contribution < -0.4 is 15.2 Å². The molecule has 3 aromatic rings. The van der Waals surface area contributed by atoms with Crippen molar-refractivity contribution in [1.82, 2.24) is 14.9 Å². The first-order valence-corrected chi connectivity index (χ1v) is 12.8. The van der Waals surface area contributed by atoms with E-state index in [-0.39, 0.29) is 50.7 Å². The van der Waals surface area contributed by atoms with E-state index in [1.54, 1.807) is 13.8 Å². The van der Waals surface area contributed by atoms with Gasteiger partial charge in [-0.2, -0.15) is 4.72 Å². The molecule has 9 nitrogen and oxygen atoms in total. The lowest BCUT2D eigenvalue weighted by Crippen LogP contribution is -2.35. The molecule has 0 radical (unpaired) electrons. The summed E-state index contributed by atoms with van der Waals surface area (Å²) >= 11 is 12.4. The quantitative estimate of drug-likeness (QED) is 0.427. The van der Waals surface area contributed by atoms with Crippen LogP contribution in [0.4, 0.5) is 4.39 Å². The van der Waals surface area contributed by atoms with E-state index < -0.39 is 39.2 Å². The highest BCUT2D eigenvalue weighted by Crippen LogP contribution is 2.45. The van der Waals surface area contributed by atoms with Gasteiger partial charge < -0.3 is 14.3 Å². The molecule has 0 unspecified atom stereocenters. The predicted molar refractivity (Wildman–Crippen MR) is 126 cm³/mol. The second kappa shape index (κ2) is 9.21. The van der Waals surface area contributed by atoms with Crippen LogP contribution in [0.5, 0.6) is 5.75 Å². The highest BCUT2D eigenvalue weighted by molar-refractivity contribution is 7.89. The minimum absolute atomic E-state index is 0.0594. The second-order valence-electron chi connectivity index (χ2n) is 8.53. The fourth-order valence-corrected chi connectivity index (χ4v) is 6.17. The third kappa shape index (κ3) is 4.70. The maximum atomic E-state index is 14.9. The Morgan fingerprint density at radius 2 is 1.94 bits per heavy atom. The van der Waals surface area contributed by atoms with Crippen molar-refractivity contribution < 1.29 is 27.1 Å². The van der Waals surface area contributed by atoms with E-state index in [4.69, 9.17) is 32.4 Å². The summed E-state index contributed by atoms with van der Waals surface area (Å²) in [6.45, 7) is 4.71. The molecule has 188 valence electrons. The van der Waals surface area contributed by atoms with E-state index in [0.29, 0.717) is 5.56 Å². The molecule has 3 atom stereocenters. The van der Waals surface area contributed by atoms with Gasteiger partial charge in [-0.3, -0.25) is 0 Å². The number of sulfonamides is 1. The Labute approximate surface area is 210 Å². The lowest BCUT2D eigenvalue weighted by atomic mass is 9.90. The van der Waals surface area contributed by atoms with Crippen LogP contribution in [0, 0.1) is 12.7 Å². The van der Waals surface area contributed by atoms with Gasteiger partial charge in [0, 0.05) is 22.9 Å². The van der Waals surface area contributed by atoms with Crippen LogP contribution in [-0.2, 0) is 15.6 Å². The first-order chi connectivity index (χ1) is 16.3. The summed E-state index contributed by atoms with van der Waals surface area (Å²) in [7, 11) is -4.41. The fraction of sp³-hybridized carbons (Fsp3) is 0.364. The van der Waals surface area contributed by atoms with Crippen molar-refractivity contribution in [3.63, 3.8) is 0 Å². The van der Waals surface area contributed by atoms with Crippen molar-refractivity contribution in [2.75, 3.05) is 6.61 Å². The van der Waals surface area contributed by atoms with Gasteiger partial charge in [0.05, 0.1) is 17.2 Å². The van der Waals surface area contributed by atoms with Gasteiger partial charge >= 0.3 is 5.76 Å². The number of ether oxygens (including phenoxy) is 1. The van der Waals surface area contributed by atoms with Crippen LogP contribution in [0.3, 0.4) is 0 Å². The summed E-state index contributed by atoms with van der Waals surface area (Å²) in [5, 5.41) is 17.1. The van der Waals surface area contributed by atoms with Crippen LogP contribution in [0.1, 0.15) is 54.8 Å². The summed E-state index contributed by atoms with van der Waals surface area (Å²) in [4.78, 5) is 11.4. The van der Waals surface area contributed by atoms with E-state index in [1.165, 1.54) is 31.2 Å². The minimum atomic E-state index is -4.41. The van der Waals surface area contributed by atoms with E-state index in [2.05, 4.69) is 14.9 Å². The number of hydrogen-bond acceptors (Lipinski definition) is 7. The molecule has 0 fully saturated rings. The molecule has 0 amide bonds. The van der Waals surface area contributed by atoms with Crippen LogP contribution in [0.25, 0.3) is 0 Å². The van der Waals surface area contributed by atoms with Crippen LogP contribution in [-0.4, -0.2) is 30.3 Å². The molecule has 13 heteroatoms. The van der Waals surface area contributed by atoms with Gasteiger partial charge in [-0.05, 0) is 49.2 Å². The summed E-state index contributed by atoms with van der Waals surface area (Å²) in [6.07, 6.45) is 0.210. The van der Waals surface area contributed by atoms with Crippen molar-refractivity contribution in [1.29, 1.82) is 0 Å². The molecular weight excluding hydrogens is 524 g/mol. The van der Waals surface area contributed by atoms with Gasteiger partial charge in [0.25, 0.3) is 0 Å². The van der Waals surface area contributed by atoms with Crippen LogP contribution in [0.15, 0.2) is 38.4 Å². The van der Waals surface area contributed by atoms with Gasteiger partial charge in [-0.25, -0.2) is 22.7 Å². The molecule has 4 rings (SSSR count). The van der Waals surface area contributed by atoms with Crippen molar-refractivity contribution >= 4 is 33.2 Å². The molecule has 1 aromatic heterocycles. The van der Waals surface area contributed by atoms with Crippen molar-refractivity contribution in [2.24, 2.45) is 0 Å². The average molecular weight is 546 g/mol. The molecule has 0 spiro atoms. The monoisotopic (exact) mass is 545 g/mol. The Balaban J connectivity index is 1.84. The molecule has 35 heavy (non-hydrogen) atoms. The van der Waals surface area contributed by atoms with Gasteiger partial charge in [0.15, 0.2) is 0 Å². The number of aliphatic hydroxyl groups is 1. The standard InChI is InChI=1S/C22H22Cl2FN3O6S/c1-10-12(23)4-6-14(25)16(10)11(2)18(20-26-27-21(29)34-20)28-35(31,32)15-7-5-13(24)17-19(15)33-9-8-22(17,3)30/h4-7,11,18,28,30H,8-9H2,1-3H3,(H,27,29)/t11-,18+,22+/m1/s1. The van der Waals surface area contributed by atoms with Gasteiger partial charge in [0.1, 0.15) is 22.5 Å². The maximum Gasteiger partial charge on any atom is 0.434 e. The predicted octanol–water partition coefficient (Wildman–Crippen LogP) is 3.93. The second-order valence-corrected chi connectivity index (χ2v) is 11.0. The molecule has 0 saturated heterocycles. The Bertz CT molecular complexity index is 1450. The van der Waals surface area contributed by atoms with Crippen molar-refractivity contribution in [2.45, 2.75) is 49.6 Å². The molecule has 2 heterocycles. The number of hydrogen-bond donors (Lipinski definition) is 3. The molecule has 3 N–H and O–H groups in total. The third-order valence-electron chi connectivity index (χ3n) is 6.09. The molecule has 1 aliphatic heterocycles. The first-order valence-electron chi connectivity index (χ1n) is 10.5. The number of aromatic amines is 1. The summed E-state index contributed by atoms with van der Waals surface area (Å²) in [6, 6.07) is 3.81. The first kappa shape index (κ1) is 25.6. The zero-order valence-corrected chi connectivity index (χ0v) is 21.2. The molecule has 0 bridgehead atoms. The number of benzene rings is 2. The zero-order chi connectivity index (χ0) is 25.7. The third-order valence-corrected chi connectivity index (χ3v) is 8.28. The minimum Gasteiger partial charge on any atom is -0.492 e. The Kier molecular flexibility index (Phi) is 6.75. The summed E-state index contributed by atoms with van der Waals surface area (Å²) in [5.74, 6) is -2.85. The highest BCUT2D eigenvalue weighted by Gasteiger charge is 2.39. The average Bonchev–Trinajstić information content (AvgIpc) is 3.20. The number of rotatable bonds is 6. The van der Waals surface area contributed by atoms with E-state index in [1.807, 2.05) is 0 Å². The lowest BCUT2D eigenvalue weighted by Gasteiger charge is -2.33. The van der Waals surface area contributed by atoms with Crippen LogP contribution >= 0.6 is 23.2 Å². The van der Waals surface area contributed by atoms with Gasteiger partial charge in [-0.1, -0.05) is 30.1 Å². The van der Waals surface area contributed by atoms with Crippen molar-refractivity contribution in [3.05, 3.63) is 73.3 Å². The fourth-order valence-electron chi connectivity index (χ4n) is 4.24. The molecule has 0 aliphatic carbocycles. The Hall–Kier alpha value is -2.44. The number of nitrogens with zero attached hydrogens (tertiary/aromatic N) is 1. The molecule has 2 aromatic carbocycles. The zero-order valence-electron chi connectivity index (χ0n) is 18.9. The SMILES string of the molecule is Cc1c(Cl)ccc(F)c1[C@@H](C)[C@H](NS(=O)(=O)c1ccc(Cl)c2c1OCC[C@]2(C)O)c1n[nH]c(=O)o1. The number of nitrogens with one attached hydrogen (secondary N) is 2. The Morgan fingerprint density at radius 1 is 1.26 bits per heavy atom. The normalized spacial score (nSPS) is 19.6. The maximum absolute atomic E-state index is 14.9. The number of H-pyrrole nitrogens is 1. The van der Waals surface area contributed by atoms with Gasteiger partial charge in [0.2, 0.25) is 15.9 Å². The lowest BCUT2D eigenvalue weighted by molar-refractivity contribution is 0.0135. The topological polar surface area (TPSA) is 135 Å². The van der Waals surface area contributed by atoms with E-state index in [9.17, 15) is 22.7 Å². The van der Waals surface area contributed by atoms with E-state index >= 15 is 0 Å². The Morgan fingerprint density at radius 3 is 2.60 bits per heavy atom.